The van der Waals surface area contributed by atoms with Crippen LogP contribution in [-0.4, -0.2) is 28.6 Å². The van der Waals surface area contributed by atoms with E-state index in [1.807, 2.05) is 27.7 Å². The Morgan fingerprint density at radius 1 is 0.919 bits per heavy atom. The molecule has 0 amide bonds. The van der Waals surface area contributed by atoms with Crippen LogP contribution in [0, 0.1) is 38.5 Å². The zero-order chi connectivity index (χ0) is 27.9. The molecule has 5 heteroatoms. The van der Waals surface area contributed by atoms with Crippen molar-refractivity contribution in [2.24, 2.45) is 17.8 Å². The first-order valence-corrected chi connectivity index (χ1v) is 14.5. The van der Waals surface area contributed by atoms with Crippen LogP contribution in [-0.2, 0) is 20.7 Å². The summed E-state index contributed by atoms with van der Waals surface area (Å²) in [5, 5.41) is 10.6. The monoisotopic (exact) mass is 516 g/mol. The van der Waals surface area contributed by atoms with E-state index in [2.05, 4.69) is 27.7 Å². The summed E-state index contributed by atoms with van der Waals surface area (Å²) in [5.74, 6) is 1.82. The number of hydrogen-bond acceptors (Lipinski definition) is 5. The number of benzene rings is 1. The van der Waals surface area contributed by atoms with Gasteiger partial charge in [-0.2, -0.15) is 0 Å². The molecule has 37 heavy (non-hydrogen) atoms. The molecule has 0 bridgehead atoms. The first-order valence-electron chi connectivity index (χ1n) is 14.5. The van der Waals surface area contributed by atoms with Crippen molar-refractivity contribution in [3.63, 3.8) is 0 Å². The zero-order valence-corrected chi connectivity index (χ0v) is 25.0. The molecule has 0 saturated heterocycles. The molecular weight excluding hydrogens is 464 g/mol. The van der Waals surface area contributed by atoms with Gasteiger partial charge in [-0.25, -0.2) is 4.79 Å². The van der Waals surface area contributed by atoms with E-state index in [-0.39, 0.29) is 5.75 Å². The maximum absolute atomic E-state index is 12.3. The number of rotatable bonds is 14. The summed E-state index contributed by atoms with van der Waals surface area (Å²) in [6, 6.07) is 0. The summed E-state index contributed by atoms with van der Waals surface area (Å²) < 4.78 is 12.3. The maximum Gasteiger partial charge on any atom is 0.374 e. The number of carbonyl (C=O) groups is 2. The van der Waals surface area contributed by atoms with Crippen LogP contribution < -0.4 is 4.74 Å². The smallest absolute Gasteiger partial charge is 0.374 e. The van der Waals surface area contributed by atoms with E-state index < -0.39 is 23.5 Å². The standard InChI is InChI=1S/C32H52O5/c1-20(2)13-10-14-21(3)15-11-16-22(4)17-12-18-32(9)28(36-31(35)26(8)33)19-27-25(7)29(34)23(5)24(6)30(27)37-32/h20-22,28,34H,10-19H2,1-9H3/t21-,22+,28?,32-/m0/s1. The molecular formula is C32H52O5. The van der Waals surface area contributed by atoms with Crippen LogP contribution in [0.1, 0.15) is 122 Å². The van der Waals surface area contributed by atoms with Gasteiger partial charge in [-0.3, -0.25) is 4.79 Å². The summed E-state index contributed by atoms with van der Waals surface area (Å²) in [5.41, 5.74) is 2.59. The van der Waals surface area contributed by atoms with Crippen molar-refractivity contribution in [1.82, 2.24) is 0 Å². The van der Waals surface area contributed by atoms with Crippen molar-refractivity contribution in [2.45, 2.75) is 138 Å². The summed E-state index contributed by atoms with van der Waals surface area (Å²) in [4.78, 5) is 23.9. The molecule has 1 heterocycles. The normalized spacial score (nSPS) is 20.8. The third-order valence-corrected chi connectivity index (χ3v) is 8.53. The van der Waals surface area contributed by atoms with Gasteiger partial charge in [0.2, 0.25) is 5.78 Å². The Labute approximate surface area is 225 Å². The highest BCUT2D eigenvalue weighted by Gasteiger charge is 2.45. The fourth-order valence-electron chi connectivity index (χ4n) is 5.62. The second-order valence-electron chi connectivity index (χ2n) is 12.5. The average molecular weight is 517 g/mol. The third kappa shape index (κ3) is 8.48. The minimum Gasteiger partial charge on any atom is -0.507 e. The van der Waals surface area contributed by atoms with Crippen LogP contribution in [0.15, 0.2) is 0 Å². The number of hydrogen-bond donors (Lipinski definition) is 1. The highest BCUT2D eigenvalue weighted by molar-refractivity contribution is 6.32. The fraction of sp³-hybridized carbons (Fsp3) is 0.750. The Bertz CT molecular complexity index is 934. The van der Waals surface area contributed by atoms with E-state index in [0.29, 0.717) is 12.3 Å². The number of esters is 1. The number of aromatic hydroxyl groups is 1. The Hall–Kier alpha value is -2.04. The predicted octanol–water partition coefficient (Wildman–Crippen LogP) is 7.95. The molecule has 0 fully saturated rings. The molecule has 5 nitrogen and oxygen atoms in total. The minimum absolute atomic E-state index is 0.253. The Morgan fingerprint density at radius 2 is 1.46 bits per heavy atom. The van der Waals surface area contributed by atoms with Gasteiger partial charge in [0, 0.05) is 18.9 Å². The summed E-state index contributed by atoms with van der Waals surface area (Å²) in [6.07, 6.45) is 10.4. The Balaban J connectivity index is 2.01. The second kappa shape index (κ2) is 13.7. The molecule has 1 aliphatic heterocycles. The van der Waals surface area contributed by atoms with Crippen molar-refractivity contribution >= 4 is 11.8 Å². The molecule has 0 radical (unpaired) electrons. The first-order chi connectivity index (χ1) is 17.3. The predicted molar refractivity (Wildman–Crippen MR) is 150 cm³/mol. The molecule has 2 rings (SSSR count). The van der Waals surface area contributed by atoms with Gasteiger partial charge in [0.25, 0.3) is 0 Å². The average Bonchev–Trinajstić information content (AvgIpc) is 2.82. The lowest BCUT2D eigenvalue weighted by Crippen LogP contribution is -2.52. The second-order valence-corrected chi connectivity index (χ2v) is 12.5. The van der Waals surface area contributed by atoms with Crippen molar-refractivity contribution in [3.8, 4) is 11.5 Å². The minimum atomic E-state index is -0.829. The lowest BCUT2D eigenvalue weighted by molar-refractivity contribution is -0.168. The fourth-order valence-corrected chi connectivity index (χ4v) is 5.62. The first kappa shape index (κ1) is 31.2. The van der Waals surface area contributed by atoms with Gasteiger partial charge >= 0.3 is 5.97 Å². The molecule has 4 atom stereocenters. The van der Waals surface area contributed by atoms with Gasteiger partial charge in [0.15, 0.2) is 0 Å². The Morgan fingerprint density at radius 3 is 2.00 bits per heavy atom. The number of Topliss-reactive ketones (excluding diaryl/α,β-unsaturated/α-hetero) is 1. The van der Waals surface area contributed by atoms with Crippen molar-refractivity contribution in [1.29, 1.82) is 0 Å². The van der Waals surface area contributed by atoms with Crippen LogP contribution in [0.5, 0.6) is 11.5 Å². The number of phenols is 1. The third-order valence-electron chi connectivity index (χ3n) is 8.53. The van der Waals surface area contributed by atoms with E-state index in [4.69, 9.17) is 9.47 Å². The number of carbonyl (C=O) groups excluding carboxylic acids is 2. The molecule has 0 spiro atoms. The van der Waals surface area contributed by atoms with Crippen LogP contribution in [0.25, 0.3) is 0 Å². The topological polar surface area (TPSA) is 72.8 Å². The number of ether oxygens (including phenoxy) is 2. The van der Waals surface area contributed by atoms with E-state index >= 15 is 0 Å². The maximum atomic E-state index is 12.3. The molecule has 1 aromatic rings. The van der Waals surface area contributed by atoms with Gasteiger partial charge < -0.3 is 14.6 Å². The van der Waals surface area contributed by atoms with Gasteiger partial charge in [0.05, 0.1) is 0 Å². The lowest BCUT2D eigenvalue weighted by Gasteiger charge is -2.43. The van der Waals surface area contributed by atoms with E-state index in [0.717, 1.165) is 59.1 Å². The highest BCUT2D eigenvalue weighted by atomic mass is 16.6. The van der Waals surface area contributed by atoms with Crippen LogP contribution >= 0.6 is 0 Å². The zero-order valence-electron chi connectivity index (χ0n) is 25.0. The number of ketones is 1. The quantitative estimate of drug-likeness (QED) is 0.201. The van der Waals surface area contributed by atoms with Crippen LogP contribution in [0.3, 0.4) is 0 Å². The van der Waals surface area contributed by atoms with E-state index in [9.17, 15) is 14.7 Å². The van der Waals surface area contributed by atoms with Gasteiger partial charge in [0.1, 0.15) is 23.2 Å². The SMILES string of the molecule is CC(=O)C(=O)OC1Cc2c(C)c(O)c(C)c(C)c2O[C@@]1(C)CCC[C@H](C)CCC[C@@H](C)CCCC(C)C. The van der Waals surface area contributed by atoms with Crippen LogP contribution in [0.2, 0.25) is 0 Å². The van der Waals surface area contributed by atoms with Gasteiger partial charge in [-0.15, -0.1) is 0 Å². The molecule has 1 N–H and O–H groups in total. The summed E-state index contributed by atoms with van der Waals surface area (Å²) >= 11 is 0. The molecule has 1 aliphatic rings. The van der Waals surface area contributed by atoms with Crippen molar-refractivity contribution in [2.75, 3.05) is 0 Å². The number of fused-ring (bicyclic) bond motifs is 1. The Kier molecular flexibility index (Phi) is 11.5. The highest BCUT2D eigenvalue weighted by Crippen LogP contribution is 2.45. The molecule has 0 aromatic heterocycles. The molecule has 1 aromatic carbocycles. The van der Waals surface area contributed by atoms with Gasteiger partial charge in [-0.1, -0.05) is 72.6 Å². The molecule has 210 valence electrons. The van der Waals surface area contributed by atoms with Crippen molar-refractivity contribution < 1.29 is 24.2 Å². The molecule has 1 unspecified atom stereocenters. The largest absolute Gasteiger partial charge is 0.507 e. The van der Waals surface area contributed by atoms with Gasteiger partial charge in [-0.05, 0) is 75.0 Å². The van der Waals surface area contributed by atoms with E-state index in [1.165, 1.54) is 45.4 Å². The van der Waals surface area contributed by atoms with Crippen molar-refractivity contribution in [3.05, 3.63) is 22.3 Å². The summed E-state index contributed by atoms with van der Waals surface area (Å²) in [7, 11) is 0. The lowest BCUT2D eigenvalue weighted by atomic mass is 9.81. The number of phenolic OH excluding ortho intramolecular Hbond substituents is 1. The van der Waals surface area contributed by atoms with Crippen LogP contribution in [0.4, 0.5) is 0 Å². The molecule has 0 aliphatic carbocycles. The summed E-state index contributed by atoms with van der Waals surface area (Å²) in [6.45, 7) is 18.3. The van der Waals surface area contributed by atoms with E-state index in [1.54, 1.807) is 0 Å². The molecule has 0 saturated carbocycles.